The van der Waals surface area contributed by atoms with Crippen LogP contribution in [-0.4, -0.2) is 31.2 Å². The fourth-order valence-electron chi connectivity index (χ4n) is 1.38. The Bertz CT molecular complexity index is 504. The van der Waals surface area contributed by atoms with E-state index in [-0.39, 0.29) is 5.69 Å². The van der Waals surface area contributed by atoms with Crippen molar-refractivity contribution in [2.45, 2.75) is 13.0 Å². The zero-order valence-electron chi connectivity index (χ0n) is 8.46. The molecule has 0 spiro atoms. The lowest BCUT2D eigenvalue weighted by atomic mass is 10.5. The van der Waals surface area contributed by atoms with E-state index >= 15 is 0 Å². The van der Waals surface area contributed by atoms with Crippen LogP contribution in [0.25, 0.3) is 5.65 Å². The van der Waals surface area contributed by atoms with Crippen LogP contribution in [0.3, 0.4) is 0 Å². The molecule has 2 rings (SSSR count). The third kappa shape index (κ3) is 2.04. The van der Waals surface area contributed by atoms with Crippen molar-refractivity contribution in [1.82, 2.24) is 19.2 Å². The molecule has 6 heteroatoms. The van der Waals surface area contributed by atoms with Gasteiger partial charge in [0, 0.05) is 18.9 Å². The molecule has 0 aliphatic rings. The van der Waals surface area contributed by atoms with Gasteiger partial charge in [-0.3, -0.25) is 4.98 Å². The van der Waals surface area contributed by atoms with Crippen LogP contribution in [0, 0.1) is 0 Å². The van der Waals surface area contributed by atoms with E-state index < -0.39 is 0 Å². The van der Waals surface area contributed by atoms with Crippen molar-refractivity contribution in [2.75, 3.05) is 12.0 Å². The van der Waals surface area contributed by atoms with Gasteiger partial charge >= 0.3 is 5.69 Å². The van der Waals surface area contributed by atoms with Crippen LogP contribution in [0.1, 0.15) is 6.42 Å². The van der Waals surface area contributed by atoms with E-state index in [4.69, 9.17) is 0 Å². The smallest absolute Gasteiger partial charge is 0.259 e. The Hall–Kier alpha value is -1.30. The molecule has 0 unspecified atom stereocenters. The fourth-order valence-corrected chi connectivity index (χ4v) is 1.80. The largest absolute Gasteiger partial charge is 0.350 e. The van der Waals surface area contributed by atoms with Crippen LogP contribution in [0.2, 0.25) is 0 Å². The predicted molar refractivity (Wildman–Crippen MR) is 60.2 cm³/mol. The second-order valence-corrected chi connectivity index (χ2v) is 4.14. The van der Waals surface area contributed by atoms with Crippen molar-refractivity contribution < 1.29 is 0 Å². The average molecular weight is 224 g/mol. The van der Waals surface area contributed by atoms with E-state index in [0.717, 1.165) is 12.2 Å². The Morgan fingerprint density at radius 2 is 2.40 bits per heavy atom. The first-order valence-corrected chi connectivity index (χ1v) is 6.10. The second-order valence-electron chi connectivity index (χ2n) is 3.16. The number of aromatic nitrogens is 4. The summed E-state index contributed by atoms with van der Waals surface area (Å²) >= 11 is 1.77. The standard InChI is InChI=1S/C9H12N4OS/c1-15-6-2-4-13-9(14)12-5-3-10-7-8(12)11-13/h3,5,7H,2,4,6H2,1H3. The zero-order chi connectivity index (χ0) is 10.7. The molecular weight excluding hydrogens is 212 g/mol. The molecule has 5 nitrogen and oxygen atoms in total. The number of hydrogen-bond donors (Lipinski definition) is 0. The van der Waals surface area contributed by atoms with Crippen molar-refractivity contribution in [3.05, 3.63) is 29.1 Å². The second kappa shape index (κ2) is 4.48. The molecule has 2 aromatic heterocycles. The maximum absolute atomic E-state index is 11.8. The van der Waals surface area contributed by atoms with Gasteiger partial charge in [-0.05, 0) is 18.4 Å². The van der Waals surface area contributed by atoms with E-state index in [2.05, 4.69) is 16.3 Å². The summed E-state index contributed by atoms with van der Waals surface area (Å²) in [6.07, 6.45) is 7.82. The number of rotatable bonds is 4. The topological polar surface area (TPSA) is 52.2 Å². The highest BCUT2D eigenvalue weighted by Gasteiger charge is 2.04. The third-order valence-electron chi connectivity index (χ3n) is 2.11. The lowest BCUT2D eigenvalue weighted by Crippen LogP contribution is -2.21. The van der Waals surface area contributed by atoms with Crippen molar-refractivity contribution in [2.24, 2.45) is 0 Å². The molecule has 0 aliphatic heterocycles. The summed E-state index contributed by atoms with van der Waals surface area (Å²) in [5, 5.41) is 4.18. The van der Waals surface area contributed by atoms with E-state index in [0.29, 0.717) is 12.2 Å². The molecule has 0 atom stereocenters. The molecule has 0 aromatic carbocycles. The number of nitrogens with zero attached hydrogens (tertiary/aromatic N) is 4. The fraction of sp³-hybridized carbons (Fsp3) is 0.444. The van der Waals surface area contributed by atoms with Gasteiger partial charge in [0.25, 0.3) is 0 Å². The van der Waals surface area contributed by atoms with Crippen LogP contribution in [-0.2, 0) is 6.54 Å². The van der Waals surface area contributed by atoms with Gasteiger partial charge in [0.2, 0.25) is 0 Å². The minimum absolute atomic E-state index is 0.0893. The maximum Gasteiger partial charge on any atom is 0.350 e. The van der Waals surface area contributed by atoms with Gasteiger partial charge in [-0.1, -0.05) is 0 Å². The maximum atomic E-state index is 11.8. The van der Waals surface area contributed by atoms with E-state index in [1.165, 1.54) is 9.08 Å². The Labute approximate surface area is 91.1 Å². The molecule has 80 valence electrons. The van der Waals surface area contributed by atoms with Gasteiger partial charge in [-0.2, -0.15) is 11.8 Å². The van der Waals surface area contributed by atoms with Crippen molar-refractivity contribution in [3.8, 4) is 0 Å². The van der Waals surface area contributed by atoms with Gasteiger partial charge in [-0.25, -0.2) is 13.9 Å². The van der Waals surface area contributed by atoms with Crippen molar-refractivity contribution >= 4 is 17.4 Å². The number of thioether (sulfide) groups is 1. The highest BCUT2D eigenvalue weighted by molar-refractivity contribution is 7.98. The quantitative estimate of drug-likeness (QED) is 0.715. The highest BCUT2D eigenvalue weighted by Crippen LogP contribution is 1.98. The first-order chi connectivity index (χ1) is 7.33. The first kappa shape index (κ1) is 10.2. The van der Waals surface area contributed by atoms with Crippen LogP contribution in [0.15, 0.2) is 23.4 Å². The summed E-state index contributed by atoms with van der Waals surface area (Å²) in [4.78, 5) is 15.7. The molecule has 0 bridgehead atoms. The Morgan fingerprint density at radius 3 is 3.13 bits per heavy atom. The first-order valence-electron chi connectivity index (χ1n) is 4.71. The average Bonchev–Trinajstić information content (AvgIpc) is 2.57. The summed E-state index contributed by atoms with van der Waals surface area (Å²) in [6.45, 7) is 0.668. The van der Waals surface area contributed by atoms with Gasteiger partial charge in [-0.15, -0.1) is 5.10 Å². The minimum atomic E-state index is -0.0893. The zero-order valence-corrected chi connectivity index (χ0v) is 9.28. The number of hydrogen-bond acceptors (Lipinski definition) is 4. The lowest BCUT2D eigenvalue weighted by molar-refractivity contribution is 0.585. The Balaban J connectivity index is 2.28. The minimum Gasteiger partial charge on any atom is -0.259 e. The van der Waals surface area contributed by atoms with Gasteiger partial charge in [0.15, 0.2) is 5.65 Å². The highest BCUT2D eigenvalue weighted by atomic mass is 32.2. The molecular formula is C9H12N4OS. The van der Waals surface area contributed by atoms with Gasteiger partial charge in [0.05, 0.1) is 6.20 Å². The monoisotopic (exact) mass is 224 g/mol. The van der Waals surface area contributed by atoms with Crippen LogP contribution in [0.5, 0.6) is 0 Å². The Kier molecular flexibility index (Phi) is 3.05. The molecule has 0 radical (unpaired) electrons. The molecule has 2 aromatic rings. The van der Waals surface area contributed by atoms with Gasteiger partial charge in [0.1, 0.15) is 0 Å². The summed E-state index contributed by atoms with van der Waals surface area (Å²) in [6, 6.07) is 0. The molecule has 0 fully saturated rings. The normalized spacial score (nSPS) is 11.0. The van der Waals surface area contributed by atoms with E-state index in [9.17, 15) is 4.79 Å². The third-order valence-corrected chi connectivity index (χ3v) is 2.80. The van der Waals surface area contributed by atoms with Crippen LogP contribution >= 0.6 is 11.8 Å². The predicted octanol–water partition coefficient (Wildman–Crippen LogP) is 0.644. The van der Waals surface area contributed by atoms with Crippen LogP contribution in [0.4, 0.5) is 0 Å². The summed E-state index contributed by atoms with van der Waals surface area (Å²) in [5.74, 6) is 1.04. The van der Waals surface area contributed by atoms with Crippen LogP contribution < -0.4 is 5.69 Å². The summed E-state index contributed by atoms with van der Waals surface area (Å²) in [5.41, 5.74) is 0.514. The van der Waals surface area contributed by atoms with Crippen molar-refractivity contribution in [1.29, 1.82) is 0 Å². The molecule has 0 amide bonds. The van der Waals surface area contributed by atoms with Gasteiger partial charge < -0.3 is 0 Å². The lowest BCUT2D eigenvalue weighted by Gasteiger charge is -1.96. The molecule has 2 heterocycles. The number of aryl methyl sites for hydroxylation is 1. The molecule has 0 aliphatic carbocycles. The number of fused-ring (bicyclic) bond motifs is 1. The molecule has 0 saturated carbocycles. The molecule has 0 saturated heterocycles. The van der Waals surface area contributed by atoms with Crippen molar-refractivity contribution in [3.63, 3.8) is 0 Å². The summed E-state index contributed by atoms with van der Waals surface area (Å²) < 4.78 is 3.00. The van der Waals surface area contributed by atoms with E-state index in [1.807, 2.05) is 0 Å². The molecule has 15 heavy (non-hydrogen) atoms. The molecule has 0 N–H and O–H groups in total. The Morgan fingerprint density at radius 1 is 1.53 bits per heavy atom. The van der Waals surface area contributed by atoms with E-state index in [1.54, 1.807) is 30.4 Å². The SMILES string of the molecule is CSCCCn1nc2cnccn2c1=O. The summed E-state index contributed by atoms with van der Waals surface area (Å²) in [7, 11) is 0.